The van der Waals surface area contributed by atoms with Gasteiger partial charge in [-0.15, -0.1) is 0 Å². The predicted octanol–water partition coefficient (Wildman–Crippen LogP) is 1.94. The highest BCUT2D eigenvalue weighted by molar-refractivity contribution is 5.92. The Bertz CT molecular complexity index is 970. The number of nitrogens with one attached hydrogen (secondary N) is 1. The van der Waals surface area contributed by atoms with Gasteiger partial charge in [0.25, 0.3) is 0 Å². The number of hydrogen-bond acceptors (Lipinski definition) is 7. The summed E-state index contributed by atoms with van der Waals surface area (Å²) in [7, 11) is 1.13. The summed E-state index contributed by atoms with van der Waals surface area (Å²) in [6.45, 7) is 1.62. The van der Waals surface area contributed by atoms with Gasteiger partial charge < -0.3 is 9.47 Å². The SMILES string of the molecule is COC(=O)c1ncc(COC(=O)c2cc3n[nH]c(C)c3cn2)cc1F. The highest BCUT2D eigenvalue weighted by Gasteiger charge is 2.16. The van der Waals surface area contributed by atoms with Crippen LogP contribution in [0.1, 0.15) is 32.2 Å². The fourth-order valence-corrected chi connectivity index (χ4v) is 2.17. The Labute approximate surface area is 141 Å². The van der Waals surface area contributed by atoms with E-state index in [9.17, 15) is 14.0 Å². The second-order valence-electron chi connectivity index (χ2n) is 5.18. The van der Waals surface area contributed by atoms with E-state index in [4.69, 9.17) is 4.74 Å². The van der Waals surface area contributed by atoms with Crippen molar-refractivity contribution < 1.29 is 23.5 Å². The number of nitrogens with zero attached hydrogens (tertiary/aromatic N) is 3. The van der Waals surface area contributed by atoms with Crippen LogP contribution < -0.4 is 0 Å². The first kappa shape index (κ1) is 16.5. The molecule has 0 atom stereocenters. The van der Waals surface area contributed by atoms with Crippen LogP contribution in [-0.4, -0.2) is 39.2 Å². The number of carbonyl (C=O) groups excluding carboxylic acids is 2. The fraction of sp³-hybridized carbons (Fsp3) is 0.188. The zero-order valence-electron chi connectivity index (χ0n) is 13.4. The molecule has 0 saturated heterocycles. The van der Waals surface area contributed by atoms with Crippen LogP contribution in [0.15, 0.2) is 24.5 Å². The Kier molecular flexibility index (Phi) is 4.38. The van der Waals surface area contributed by atoms with E-state index in [0.29, 0.717) is 5.52 Å². The maximum Gasteiger partial charge on any atom is 0.359 e. The third kappa shape index (κ3) is 3.30. The average molecular weight is 344 g/mol. The van der Waals surface area contributed by atoms with Crippen LogP contribution in [0.25, 0.3) is 10.9 Å². The van der Waals surface area contributed by atoms with Crippen LogP contribution in [0, 0.1) is 12.7 Å². The Balaban J connectivity index is 1.70. The second kappa shape index (κ2) is 6.63. The fourth-order valence-electron chi connectivity index (χ4n) is 2.17. The van der Waals surface area contributed by atoms with Crippen molar-refractivity contribution in [1.29, 1.82) is 0 Å². The van der Waals surface area contributed by atoms with Gasteiger partial charge >= 0.3 is 11.9 Å². The van der Waals surface area contributed by atoms with Crippen molar-refractivity contribution in [2.75, 3.05) is 7.11 Å². The first-order valence-corrected chi connectivity index (χ1v) is 7.20. The smallest absolute Gasteiger partial charge is 0.359 e. The molecule has 0 bridgehead atoms. The molecular formula is C16H13FN4O4. The molecule has 0 aliphatic rings. The molecule has 8 nitrogen and oxygen atoms in total. The van der Waals surface area contributed by atoms with Gasteiger partial charge in [0, 0.05) is 29.0 Å². The summed E-state index contributed by atoms with van der Waals surface area (Å²) < 4.78 is 23.3. The van der Waals surface area contributed by atoms with Gasteiger partial charge in [0.05, 0.1) is 12.6 Å². The van der Waals surface area contributed by atoms with E-state index >= 15 is 0 Å². The number of ether oxygens (including phenoxy) is 2. The van der Waals surface area contributed by atoms with Gasteiger partial charge in [-0.25, -0.2) is 23.9 Å². The summed E-state index contributed by atoms with van der Waals surface area (Å²) in [5.74, 6) is -2.42. The third-order valence-electron chi connectivity index (χ3n) is 3.49. The molecule has 0 aliphatic carbocycles. The van der Waals surface area contributed by atoms with Crippen LogP contribution in [0.2, 0.25) is 0 Å². The van der Waals surface area contributed by atoms with Crippen molar-refractivity contribution in [3.63, 3.8) is 0 Å². The molecule has 0 fully saturated rings. The number of methoxy groups -OCH3 is 1. The third-order valence-corrected chi connectivity index (χ3v) is 3.49. The highest BCUT2D eigenvalue weighted by Crippen LogP contribution is 2.16. The number of aryl methyl sites for hydroxylation is 1. The minimum absolute atomic E-state index is 0.0820. The van der Waals surface area contributed by atoms with Crippen molar-refractivity contribution in [3.05, 3.63) is 53.0 Å². The van der Waals surface area contributed by atoms with E-state index in [0.717, 1.165) is 24.3 Å². The quantitative estimate of drug-likeness (QED) is 0.721. The molecule has 128 valence electrons. The topological polar surface area (TPSA) is 107 Å². The molecule has 3 rings (SSSR count). The first-order valence-electron chi connectivity index (χ1n) is 7.20. The molecule has 0 radical (unpaired) electrons. The Morgan fingerprint density at radius 3 is 2.72 bits per heavy atom. The molecule has 0 unspecified atom stereocenters. The summed E-state index contributed by atoms with van der Waals surface area (Å²) in [5, 5.41) is 7.65. The molecule has 0 aliphatic heterocycles. The maximum absolute atomic E-state index is 13.8. The number of rotatable bonds is 4. The van der Waals surface area contributed by atoms with E-state index in [2.05, 4.69) is 24.9 Å². The van der Waals surface area contributed by atoms with Crippen LogP contribution in [-0.2, 0) is 16.1 Å². The number of carbonyl (C=O) groups is 2. The molecule has 0 saturated carbocycles. The summed E-state index contributed by atoms with van der Waals surface area (Å²) in [6, 6.07) is 2.56. The van der Waals surface area contributed by atoms with Crippen molar-refractivity contribution in [2.45, 2.75) is 13.5 Å². The van der Waals surface area contributed by atoms with Gasteiger partial charge in [-0.2, -0.15) is 5.10 Å². The van der Waals surface area contributed by atoms with E-state index in [1.807, 2.05) is 6.92 Å². The van der Waals surface area contributed by atoms with Crippen LogP contribution >= 0.6 is 0 Å². The van der Waals surface area contributed by atoms with Crippen LogP contribution in [0.3, 0.4) is 0 Å². The van der Waals surface area contributed by atoms with E-state index in [1.54, 1.807) is 0 Å². The average Bonchev–Trinajstić information content (AvgIpc) is 2.99. The Morgan fingerprint density at radius 2 is 2.00 bits per heavy atom. The molecule has 3 aromatic heterocycles. The lowest BCUT2D eigenvalue weighted by Crippen LogP contribution is -2.10. The van der Waals surface area contributed by atoms with Gasteiger partial charge in [0.15, 0.2) is 17.2 Å². The molecule has 3 heterocycles. The van der Waals surface area contributed by atoms with Crippen molar-refractivity contribution >= 4 is 22.8 Å². The molecule has 25 heavy (non-hydrogen) atoms. The monoisotopic (exact) mass is 344 g/mol. The standard InChI is InChI=1S/C16H13FN4O4/c1-8-10-6-18-13(4-12(10)21-20-8)15(22)25-7-9-3-11(17)14(19-5-9)16(23)24-2/h3-6H,7H2,1-2H3,(H,20,21). The number of aromatic nitrogens is 4. The van der Waals surface area contributed by atoms with Crippen molar-refractivity contribution in [1.82, 2.24) is 20.2 Å². The normalized spacial score (nSPS) is 10.7. The lowest BCUT2D eigenvalue weighted by molar-refractivity contribution is 0.0463. The van der Waals surface area contributed by atoms with Gasteiger partial charge in [0.2, 0.25) is 0 Å². The largest absolute Gasteiger partial charge is 0.464 e. The maximum atomic E-state index is 13.8. The van der Waals surface area contributed by atoms with Gasteiger partial charge in [-0.05, 0) is 19.1 Å². The summed E-state index contributed by atoms with van der Waals surface area (Å²) in [6.07, 6.45) is 2.76. The Morgan fingerprint density at radius 1 is 1.20 bits per heavy atom. The molecule has 0 amide bonds. The lowest BCUT2D eigenvalue weighted by atomic mass is 10.2. The molecule has 0 aromatic carbocycles. The van der Waals surface area contributed by atoms with Gasteiger partial charge in [-0.3, -0.25) is 5.10 Å². The predicted molar refractivity (Wildman–Crippen MR) is 83.3 cm³/mol. The number of halogens is 1. The second-order valence-corrected chi connectivity index (χ2v) is 5.18. The highest BCUT2D eigenvalue weighted by atomic mass is 19.1. The van der Waals surface area contributed by atoms with Gasteiger partial charge in [-0.1, -0.05) is 0 Å². The molecule has 1 N–H and O–H groups in total. The molecule has 3 aromatic rings. The Hall–Kier alpha value is -3.36. The first-order chi connectivity index (χ1) is 12.0. The molecule has 0 spiro atoms. The number of esters is 2. The minimum Gasteiger partial charge on any atom is -0.464 e. The lowest BCUT2D eigenvalue weighted by Gasteiger charge is -2.06. The van der Waals surface area contributed by atoms with E-state index in [1.165, 1.54) is 18.5 Å². The van der Waals surface area contributed by atoms with Crippen molar-refractivity contribution in [3.8, 4) is 0 Å². The number of fused-ring (bicyclic) bond motifs is 1. The number of hydrogen-bond donors (Lipinski definition) is 1. The van der Waals surface area contributed by atoms with E-state index in [-0.39, 0.29) is 17.9 Å². The van der Waals surface area contributed by atoms with Crippen LogP contribution in [0.5, 0.6) is 0 Å². The molecular weight excluding hydrogens is 331 g/mol. The summed E-state index contributed by atoms with van der Waals surface area (Å²) in [5.41, 5.74) is 1.37. The number of H-pyrrole nitrogens is 1. The summed E-state index contributed by atoms with van der Waals surface area (Å²) in [4.78, 5) is 31.0. The molecule has 9 heteroatoms. The number of aromatic amines is 1. The van der Waals surface area contributed by atoms with Crippen LogP contribution in [0.4, 0.5) is 4.39 Å². The van der Waals surface area contributed by atoms with E-state index < -0.39 is 23.4 Å². The zero-order chi connectivity index (χ0) is 18.0. The van der Waals surface area contributed by atoms with Gasteiger partial charge in [0.1, 0.15) is 6.61 Å². The minimum atomic E-state index is -0.882. The van der Waals surface area contributed by atoms with Crippen molar-refractivity contribution in [2.24, 2.45) is 0 Å². The number of pyridine rings is 2. The summed E-state index contributed by atoms with van der Waals surface area (Å²) >= 11 is 0. The zero-order valence-corrected chi connectivity index (χ0v) is 13.4.